The van der Waals surface area contributed by atoms with E-state index in [1.165, 1.54) is 0 Å². The van der Waals surface area contributed by atoms with Crippen LogP contribution in [0.2, 0.25) is 0 Å². The number of ether oxygens (including phenoxy) is 2. The van der Waals surface area contributed by atoms with Gasteiger partial charge in [0.1, 0.15) is 18.2 Å². The summed E-state index contributed by atoms with van der Waals surface area (Å²) in [6.07, 6.45) is 0.909. The molecule has 5 nitrogen and oxygen atoms in total. The van der Waals surface area contributed by atoms with Crippen LogP contribution in [0.4, 0.5) is 5.82 Å². The lowest BCUT2D eigenvalue weighted by Crippen LogP contribution is -2.05. The second kappa shape index (κ2) is 7.59. The van der Waals surface area contributed by atoms with Crippen LogP contribution in [0.5, 0.6) is 11.6 Å². The van der Waals surface area contributed by atoms with E-state index in [1.807, 2.05) is 25.1 Å². The number of aryl methyl sites for hydroxylation is 1. The van der Waals surface area contributed by atoms with E-state index in [2.05, 4.69) is 28.3 Å². The minimum atomic E-state index is 0.352. The van der Waals surface area contributed by atoms with Crippen LogP contribution in [0.25, 0.3) is 0 Å². The van der Waals surface area contributed by atoms with Crippen molar-refractivity contribution in [1.82, 2.24) is 9.97 Å². The van der Waals surface area contributed by atoms with Crippen LogP contribution in [0.15, 0.2) is 30.3 Å². The van der Waals surface area contributed by atoms with Gasteiger partial charge in [-0.1, -0.05) is 25.1 Å². The Balaban J connectivity index is 2.29. The molecule has 0 unspecified atom stereocenters. The highest BCUT2D eigenvalue weighted by Gasteiger charge is 2.08. The maximum Gasteiger partial charge on any atom is 0.224 e. The Morgan fingerprint density at radius 2 is 1.95 bits per heavy atom. The highest BCUT2D eigenvalue weighted by Crippen LogP contribution is 2.25. The van der Waals surface area contributed by atoms with E-state index >= 15 is 0 Å². The summed E-state index contributed by atoms with van der Waals surface area (Å²) in [5.74, 6) is 2.68. The van der Waals surface area contributed by atoms with E-state index < -0.39 is 0 Å². The van der Waals surface area contributed by atoms with Crippen LogP contribution in [-0.2, 0) is 17.8 Å². The third-order valence-corrected chi connectivity index (χ3v) is 2.95. The van der Waals surface area contributed by atoms with Crippen molar-refractivity contribution in [2.45, 2.75) is 26.9 Å². The molecular formula is C16H21N3O2. The van der Waals surface area contributed by atoms with Gasteiger partial charge in [-0.25, -0.2) is 4.98 Å². The van der Waals surface area contributed by atoms with E-state index in [0.717, 1.165) is 30.1 Å². The van der Waals surface area contributed by atoms with Crippen LogP contribution in [0.3, 0.4) is 0 Å². The van der Waals surface area contributed by atoms with Crippen molar-refractivity contribution < 1.29 is 9.47 Å². The number of nitrogens with one attached hydrogen (secondary N) is 1. The molecule has 0 amide bonds. The summed E-state index contributed by atoms with van der Waals surface area (Å²) in [7, 11) is 1.62. The summed E-state index contributed by atoms with van der Waals surface area (Å²) >= 11 is 0. The van der Waals surface area contributed by atoms with E-state index in [9.17, 15) is 0 Å². The van der Waals surface area contributed by atoms with Crippen molar-refractivity contribution in [3.8, 4) is 11.6 Å². The number of hydrogen-bond donors (Lipinski definition) is 1. The molecule has 0 aliphatic heterocycles. The third kappa shape index (κ3) is 4.16. The maximum atomic E-state index is 5.93. The minimum absolute atomic E-state index is 0.352. The molecule has 0 saturated carbocycles. The topological polar surface area (TPSA) is 56.3 Å². The Morgan fingerprint density at radius 3 is 2.67 bits per heavy atom. The normalized spacial score (nSPS) is 10.4. The molecule has 1 heterocycles. The molecule has 0 bridgehead atoms. The zero-order chi connectivity index (χ0) is 15.1. The number of aromatic nitrogens is 2. The lowest BCUT2D eigenvalue weighted by atomic mass is 10.1. The number of anilines is 1. The molecule has 0 fully saturated rings. The van der Waals surface area contributed by atoms with E-state index in [0.29, 0.717) is 18.3 Å². The van der Waals surface area contributed by atoms with Gasteiger partial charge in [0.25, 0.3) is 0 Å². The smallest absolute Gasteiger partial charge is 0.224 e. The predicted molar refractivity (Wildman–Crippen MR) is 82.8 cm³/mol. The Kier molecular flexibility index (Phi) is 5.51. The molecule has 1 aromatic heterocycles. The molecule has 5 heteroatoms. The minimum Gasteiger partial charge on any atom is -0.439 e. The number of benzene rings is 1. The van der Waals surface area contributed by atoms with Crippen molar-refractivity contribution in [2.24, 2.45) is 0 Å². The average Bonchev–Trinajstić information content (AvgIpc) is 2.48. The third-order valence-electron chi connectivity index (χ3n) is 2.95. The molecule has 0 spiro atoms. The first-order valence-electron chi connectivity index (χ1n) is 7.13. The van der Waals surface area contributed by atoms with E-state index in [1.54, 1.807) is 13.2 Å². The van der Waals surface area contributed by atoms with Gasteiger partial charge in [-0.3, -0.25) is 0 Å². The molecule has 0 radical (unpaired) electrons. The van der Waals surface area contributed by atoms with Gasteiger partial charge < -0.3 is 14.8 Å². The van der Waals surface area contributed by atoms with Gasteiger partial charge in [0.15, 0.2) is 5.82 Å². The SMILES string of the molecule is CCNc1cc(Oc2ccccc2CC)nc(COC)n1. The Labute approximate surface area is 125 Å². The van der Waals surface area contributed by atoms with Crippen LogP contribution in [0, 0.1) is 0 Å². The van der Waals surface area contributed by atoms with Crippen LogP contribution < -0.4 is 10.1 Å². The van der Waals surface area contributed by atoms with Gasteiger partial charge in [-0.15, -0.1) is 0 Å². The van der Waals surface area contributed by atoms with Crippen LogP contribution >= 0.6 is 0 Å². The maximum absolute atomic E-state index is 5.93. The predicted octanol–water partition coefficient (Wildman–Crippen LogP) is 3.41. The molecule has 0 aliphatic rings. The fourth-order valence-corrected chi connectivity index (χ4v) is 2.00. The average molecular weight is 287 g/mol. The lowest BCUT2D eigenvalue weighted by Gasteiger charge is -2.11. The zero-order valence-corrected chi connectivity index (χ0v) is 12.7. The standard InChI is InChI=1S/C16H21N3O2/c1-4-12-8-6-7-9-13(12)21-16-10-14(17-5-2)18-15(19-16)11-20-3/h6-10H,4-5,11H2,1-3H3,(H,17,18,19). The van der Waals surface area contributed by atoms with Crippen LogP contribution in [-0.4, -0.2) is 23.6 Å². The van der Waals surface area contributed by atoms with Crippen molar-refractivity contribution in [3.63, 3.8) is 0 Å². The number of methoxy groups -OCH3 is 1. The summed E-state index contributed by atoms with van der Waals surface area (Å²) in [6.45, 7) is 5.26. The molecule has 21 heavy (non-hydrogen) atoms. The Morgan fingerprint density at radius 1 is 1.14 bits per heavy atom. The summed E-state index contributed by atoms with van der Waals surface area (Å²) in [5, 5.41) is 3.17. The highest BCUT2D eigenvalue weighted by atomic mass is 16.5. The van der Waals surface area contributed by atoms with Gasteiger partial charge in [-0.05, 0) is 25.0 Å². The highest BCUT2D eigenvalue weighted by molar-refractivity contribution is 5.41. The van der Waals surface area contributed by atoms with Gasteiger partial charge >= 0.3 is 0 Å². The summed E-state index contributed by atoms with van der Waals surface area (Å²) in [4.78, 5) is 8.75. The molecule has 1 aromatic carbocycles. The summed E-state index contributed by atoms with van der Waals surface area (Å²) in [5.41, 5.74) is 1.15. The monoisotopic (exact) mass is 287 g/mol. The van der Waals surface area contributed by atoms with Crippen molar-refractivity contribution in [2.75, 3.05) is 19.0 Å². The second-order valence-corrected chi connectivity index (χ2v) is 4.53. The van der Waals surface area contributed by atoms with Gasteiger partial charge in [0, 0.05) is 19.7 Å². The van der Waals surface area contributed by atoms with Crippen LogP contribution in [0.1, 0.15) is 25.2 Å². The summed E-state index contributed by atoms with van der Waals surface area (Å²) < 4.78 is 11.0. The molecule has 0 atom stereocenters. The van der Waals surface area contributed by atoms with E-state index in [-0.39, 0.29) is 0 Å². The number of para-hydroxylation sites is 1. The van der Waals surface area contributed by atoms with Gasteiger partial charge in [-0.2, -0.15) is 4.98 Å². The number of hydrogen-bond acceptors (Lipinski definition) is 5. The molecule has 112 valence electrons. The van der Waals surface area contributed by atoms with Crippen molar-refractivity contribution in [3.05, 3.63) is 41.7 Å². The zero-order valence-electron chi connectivity index (χ0n) is 12.7. The van der Waals surface area contributed by atoms with E-state index in [4.69, 9.17) is 9.47 Å². The summed E-state index contributed by atoms with van der Waals surface area (Å²) in [6, 6.07) is 9.76. The first-order chi connectivity index (χ1) is 10.3. The second-order valence-electron chi connectivity index (χ2n) is 4.53. The first-order valence-corrected chi connectivity index (χ1v) is 7.13. The molecule has 0 saturated heterocycles. The number of nitrogens with zero attached hydrogens (tertiary/aromatic N) is 2. The van der Waals surface area contributed by atoms with Gasteiger partial charge in [0.2, 0.25) is 5.88 Å². The van der Waals surface area contributed by atoms with Crippen molar-refractivity contribution in [1.29, 1.82) is 0 Å². The van der Waals surface area contributed by atoms with Crippen molar-refractivity contribution >= 4 is 5.82 Å². The fraction of sp³-hybridized carbons (Fsp3) is 0.375. The lowest BCUT2D eigenvalue weighted by molar-refractivity contribution is 0.177. The quantitative estimate of drug-likeness (QED) is 0.845. The molecule has 2 aromatic rings. The molecule has 0 aliphatic carbocycles. The molecule has 2 rings (SSSR count). The Hall–Kier alpha value is -2.14. The molecule has 1 N–H and O–H groups in total. The van der Waals surface area contributed by atoms with Gasteiger partial charge in [0.05, 0.1) is 0 Å². The largest absolute Gasteiger partial charge is 0.439 e. The molecular weight excluding hydrogens is 266 g/mol. The number of rotatable bonds is 7. The Bertz CT molecular complexity index is 563. The first kappa shape index (κ1) is 15.3. The fourth-order valence-electron chi connectivity index (χ4n) is 2.00.